The number of carbonyl (C=O) groups is 1. The van der Waals surface area contributed by atoms with Gasteiger partial charge in [-0.2, -0.15) is 16.9 Å². The molecule has 1 aliphatic heterocycles. The average molecular weight is 303 g/mol. The Morgan fingerprint density at radius 1 is 1.33 bits per heavy atom. The van der Waals surface area contributed by atoms with Crippen LogP contribution in [0.4, 0.5) is 5.69 Å². The number of amides is 1. The Kier molecular flexibility index (Phi) is 3.98. The Morgan fingerprint density at radius 3 is 2.86 bits per heavy atom. The van der Waals surface area contributed by atoms with Gasteiger partial charge in [0.25, 0.3) is 5.91 Å². The van der Waals surface area contributed by atoms with E-state index in [0.29, 0.717) is 18.5 Å². The lowest BCUT2D eigenvalue weighted by molar-refractivity contribution is -0.134. The quantitative estimate of drug-likeness (QED) is 0.813. The Labute approximate surface area is 127 Å². The molecule has 1 aliphatic rings. The van der Waals surface area contributed by atoms with E-state index >= 15 is 0 Å². The molecule has 21 heavy (non-hydrogen) atoms. The minimum absolute atomic E-state index is 0.313. The predicted octanol–water partition coefficient (Wildman–Crippen LogP) is 2.27. The van der Waals surface area contributed by atoms with Crippen molar-refractivity contribution in [3.05, 3.63) is 36.7 Å². The first-order chi connectivity index (χ1) is 10.2. The van der Waals surface area contributed by atoms with Gasteiger partial charge in [-0.05, 0) is 42.0 Å². The van der Waals surface area contributed by atoms with Crippen molar-refractivity contribution < 1.29 is 9.90 Å². The lowest BCUT2D eigenvalue weighted by Crippen LogP contribution is -2.45. The van der Waals surface area contributed by atoms with Crippen molar-refractivity contribution >= 4 is 23.4 Å². The molecule has 1 saturated heterocycles. The highest BCUT2D eigenvalue weighted by atomic mass is 32.2. The van der Waals surface area contributed by atoms with Gasteiger partial charge >= 0.3 is 0 Å². The Bertz CT molecular complexity index is 622. The topological polar surface area (TPSA) is 78.0 Å². The van der Waals surface area contributed by atoms with Crippen LogP contribution < -0.4 is 5.32 Å². The van der Waals surface area contributed by atoms with Crippen LogP contribution in [0.3, 0.4) is 0 Å². The van der Waals surface area contributed by atoms with E-state index in [-0.39, 0.29) is 5.91 Å². The summed E-state index contributed by atoms with van der Waals surface area (Å²) in [6.45, 7) is 0. The normalized spacial score (nSPS) is 17.4. The Hall–Kier alpha value is -1.79. The van der Waals surface area contributed by atoms with Gasteiger partial charge in [-0.25, -0.2) is 0 Å². The van der Waals surface area contributed by atoms with Gasteiger partial charge in [-0.3, -0.25) is 9.89 Å². The van der Waals surface area contributed by atoms with Crippen LogP contribution in [0.2, 0.25) is 0 Å². The second-order valence-corrected chi connectivity index (χ2v) is 6.39. The van der Waals surface area contributed by atoms with E-state index in [2.05, 4.69) is 15.5 Å². The van der Waals surface area contributed by atoms with Gasteiger partial charge in [0.05, 0.1) is 6.20 Å². The van der Waals surface area contributed by atoms with E-state index in [1.807, 2.05) is 24.3 Å². The molecule has 0 atom stereocenters. The molecule has 0 spiro atoms. The van der Waals surface area contributed by atoms with Crippen molar-refractivity contribution in [1.82, 2.24) is 10.2 Å². The number of rotatable bonds is 3. The monoisotopic (exact) mass is 303 g/mol. The van der Waals surface area contributed by atoms with E-state index in [9.17, 15) is 9.90 Å². The third-order valence-electron chi connectivity index (χ3n) is 3.69. The first-order valence-electron chi connectivity index (χ1n) is 6.88. The van der Waals surface area contributed by atoms with Gasteiger partial charge in [-0.1, -0.05) is 12.1 Å². The fourth-order valence-electron chi connectivity index (χ4n) is 2.37. The summed E-state index contributed by atoms with van der Waals surface area (Å²) in [5, 5.41) is 19.9. The maximum Gasteiger partial charge on any atom is 0.256 e. The minimum Gasteiger partial charge on any atom is -0.380 e. The molecule has 2 aromatic rings. The van der Waals surface area contributed by atoms with Gasteiger partial charge in [0, 0.05) is 17.4 Å². The van der Waals surface area contributed by atoms with Gasteiger partial charge in [-0.15, -0.1) is 0 Å². The van der Waals surface area contributed by atoms with Crippen LogP contribution in [-0.2, 0) is 4.79 Å². The van der Waals surface area contributed by atoms with Crippen molar-refractivity contribution in [2.75, 3.05) is 16.8 Å². The maximum absolute atomic E-state index is 12.3. The molecule has 0 saturated carbocycles. The fraction of sp³-hybridized carbons (Fsp3) is 0.333. The summed E-state index contributed by atoms with van der Waals surface area (Å²) < 4.78 is 0. The van der Waals surface area contributed by atoms with Crippen LogP contribution in [0.25, 0.3) is 11.1 Å². The Balaban J connectivity index is 1.76. The summed E-state index contributed by atoms with van der Waals surface area (Å²) in [6, 6.07) is 7.53. The Morgan fingerprint density at radius 2 is 2.14 bits per heavy atom. The smallest absolute Gasteiger partial charge is 0.256 e. The second kappa shape index (κ2) is 5.91. The summed E-state index contributed by atoms with van der Waals surface area (Å²) in [7, 11) is 0. The molecule has 3 rings (SSSR count). The van der Waals surface area contributed by atoms with Crippen molar-refractivity contribution in [2.24, 2.45) is 0 Å². The lowest BCUT2D eigenvalue weighted by atomic mass is 9.95. The van der Waals surface area contributed by atoms with Crippen LogP contribution in [0.5, 0.6) is 0 Å². The van der Waals surface area contributed by atoms with E-state index < -0.39 is 5.60 Å². The van der Waals surface area contributed by atoms with Gasteiger partial charge in [0.1, 0.15) is 5.60 Å². The van der Waals surface area contributed by atoms with E-state index in [4.69, 9.17) is 0 Å². The molecular formula is C15H17N3O2S. The number of aliphatic hydroxyl groups is 1. The molecule has 5 nitrogen and oxygen atoms in total. The lowest BCUT2D eigenvalue weighted by Gasteiger charge is -2.30. The molecule has 0 radical (unpaired) electrons. The first-order valence-corrected chi connectivity index (χ1v) is 8.04. The zero-order valence-electron chi connectivity index (χ0n) is 11.5. The molecule has 1 aromatic heterocycles. The minimum atomic E-state index is -1.24. The summed E-state index contributed by atoms with van der Waals surface area (Å²) in [5.74, 6) is 1.32. The number of hydrogen-bond acceptors (Lipinski definition) is 4. The number of thioether (sulfide) groups is 1. The highest BCUT2D eigenvalue weighted by molar-refractivity contribution is 7.99. The number of anilines is 1. The maximum atomic E-state index is 12.3. The van der Waals surface area contributed by atoms with Crippen molar-refractivity contribution in [3.63, 3.8) is 0 Å². The van der Waals surface area contributed by atoms with Crippen LogP contribution in [0.15, 0.2) is 36.7 Å². The molecular weight excluding hydrogens is 286 g/mol. The summed E-state index contributed by atoms with van der Waals surface area (Å²) in [5.41, 5.74) is 1.37. The molecule has 110 valence electrons. The number of hydrogen-bond donors (Lipinski definition) is 3. The van der Waals surface area contributed by atoms with Gasteiger partial charge in [0.2, 0.25) is 0 Å². The number of aromatic amines is 1. The second-order valence-electron chi connectivity index (χ2n) is 5.17. The van der Waals surface area contributed by atoms with Gasteiger partial charge in [0.15, 0.2) is 0 Å². The van der Waals surface area contributed by atoms with Crippen LogP contribution >= 0.6 is 11.8 Å². The largest absolute Gasteiger partial charge is 0.380 e. The number of carbonyl (C=O) groups excluding carboxylic acids is 1. The highest BCUT2D eigenvalue weighted by Crippen LogP contribution is 2.29. The first kappa shape index (κ1) is 14.2. The molecule has 1 aromatic carbocycles. The van der Waals surface area contributed by atoms with E-state index in [1.165, 1.54) is 0 Å². The van der Waals surface area contributed by atoms with Crippen molar-refractivity contribution in [1.29, 1.82) is 0 Å². The van der Waals surface area contributed by atoms with E-state index in [0.717, 1.165) is 22.6 Å². The van der Waals surface area contributed by atoms with Crippen molar-refractivity contribution in [3.8, 4) is 11.1 Å². The summed E-state index contributed by atoms with van der Waals surface area (Å²) in [4.78, 5) is 12.3. The number of aromatic nitrogens is 2. The molecule has 0 aliphatic carbocycles. The average Bonchev–Trinajstić information content (AvgIpc) is 3.02. The molecule has 1 fully saturated rings. The number of nitrogens with one attached hydrogen (secondary N) is 2. The molecule has 3 N–H and O–H groups in total. The standard InChI is InChI=1S/C15H17N3O2S/c19-14(15(20)4-6-21-7-5-15)18-13-3-1-2-11(8-13)12-9-16-17-10-12/h1-3,8-10,20H,4-7H2,(H,16,17)(H,18,19). The third-order valence-corrected chi connectivity index (χ3v) is 4.68. The summed E-state index contributed by atoms with van der Waals surface area (Å²) >= 11 is 1.77. The van der Waals surface area contributed by atoms with Crippen LogP contribution in [0.1, 0.15) is 12.8 Å². The molecule has 1 amide bonds. The highest BCUT2D eigenvalue weighted by Gasteiger charge is 2.37. The van der Waals surface area contributed by atoms with Crippen LogP contribution in [0, 0.1) is 0 Å². The van der Waals surface area contributed by atoms with Crippen LogP contribution in [-0.4, -0.2) is 38.3 Å². The molecule has 2 heterocycles. The zero-order valence-corrected chi connectivity index (χ0v) is 12.3. The molecule has 0 unspecified atom stereocenters. The molecule has 0 bridgehead atoms. The third kappa shape index (κ3) is 3.11. The van der Waals surface area contributed by atoms with Crippen molar-refractivity contribution in [2.45, 2.75) is 18.4 Å². The fourth-order valence-corrected chi connectivity index (χ4v) is 3.54. The van der Waals surface area contributed by atoms with Gasteiger partial charge < -0.3 is 10.4 Å². The molecule has 6 heteroatoms. The van der Waals surface area contributed by atoms with E-state index in [1.54, 1.807) is 24.2 Å². The number of benzene rings is 1. The zero-order chi connectivity index (χ0) is 14.7. The SMILES string of the molecule is O=C(Nc1cccc(-c2cn[nH]c2)c1)C1(O)CCSCC1. The predicted molar refractivity (Wildman–Crippen MR) is 84.2 cm³/mol. The number of H-pyrrole nitrogens is 1. The summed E-state index contributed by atoms with van der Waals surface area (Å²) in [6.07, 6.45) is 4.54. The number of nitrogens with zero attached hydrogens (tertiary/aromatic N) is 1.